The Morgan fingerprint density at radius 2 is 2.05 bits per heavy atom. The molecule has 2 aromatic rings. The van der Waals surface area contributed by atoms with Gasteiger partial charge in [0.05, 0.1) is 11.4 Å². The number of hydrogen-bond donors (Lipinski definition) is 2. The van der Waals surface area contributed by atoms with Gasteiger partial charge in [-0.15, -0.1) is 0 Å². The summed E-state index contributed by atoms with van der Waals surface area (Å²) in [5.74, 6) is -1.01. The molecule has 0 spiro atoms. The minimum atomic E-state index is -1.01. The smallest absolute Gasteiger partial charge is 0.354 e. The number of aromatic carboxylic acids is 1. The van der Waals surface area contributed by atoms with Crippen molar-refractivity contribution in [2.75, 3.05) is 7.05 Å². The second kappa shape index (κ2) is 6.27. The second-order valence-electron chi connectivity index (χ2n) is 6.52. The lowest BCUT2D eigenvalue weighted by Crippen LogP contribution is -2.19. The lowest BCUT2D eigenvalue weighted by Gasteiger charge is -2.15. The number of hydrogen-bond acceptors (Lipinski definition) is 4. The summed E-state index contributed by atoms with van der Waals surface area (Å²) >= 11 is 0. The molecule has 0 fully saturated rings. The van der Waals surface area contributed by atoms with Crippen molar-refractivity contribution in [3.63, 3.8) is 0 Å². The highest BCUT2D eigenvalue weighted by atomic mass is 16.4. The van der Waals surface area contributed by atoms with E-state index in [1.165, 1.54) is 6.07 Å². The van der Waals surface area contributed by atoms with E-state index in [0.717, 1.165) is 17.1 Å². The number of aromatic nitrogens is 3. The van der Waals surface area contributed by atoms with Crippen LogP contribution in [0.4, 0.5) is 0 Å². The van der Waals surface area contributed by atoms with E-state index in [4.69, 9.17) is 5.11 Å². The summed E-state index contributed by atoms with van der Waals surface area (Å²) in [7, 11) is 1.97. The fourth-order valence-electron chi connectivity index (χ4n) is 2.14. The molecular weight excluding hydrogens is 280 g/mol. The van der Waals surface area contributed by atoms with Gasteiger partial charge in [0.1, 0.15) is 5.69 Å². The van der Waals surface area contributed by atoms with Crippen LogP contribution in [0.5, 0.6) is 0 Å². The molecule has 0 saturated heterocycles. The van der Waals surface area contributed by atoms with Crippen LogP contribution in [0.3, 0.4) is 0 Å². The van der Waals surface area contributed by atoms with Gasteiger partial charge in [-0.05, 0) is 25.2 Å². The number of H-pyrrole nitrogens is 1. The van der Waals surface area contributed by atoms with Gasteiger partial charge in [0.25, 0.3) is 0 Å². The van der Waals surface area contributed by atoms with E-state index in [9.17, 15) is 4.79 Å². The molecule has 0 radical (unpaired) electrons. The Kier molecular flexibility index (Phi) is 4.61. The van der Waals surface area contributed by atoms with E-state index >= 15 is 0 Å². The van der Waals surface area contributed by atoms with Crippen molar-refractivity contribution < 1.29 is 9.90 Å². The minimum Gasteiger partial charge on any atom is -0.477 e. The number of carboxylic acid groups (broad SMARTS) is 1. The van der Waals surface area contributed by atoms with Gasteiger partial charge in [0.15, 0.2) is 0 Å². The number of nitrogens with zero attached hydrogens (tertiary/aromatic N) is 3. The summed E-state index contributed by atoms with van der Waals surface area (Å²) < 4.78 is 0. The highest BCUT2D eigenvalue weighted by Crippen LogP contribution is 2.20. The number of aromatic amines is 1. The molecule has 0 unspecified atom stereocenters. The van der Waals surface area contributed by atoms with Crippen molar-refractivity contribution in [1.82, 2.24) is 20.1 Å². The Morgan fingerprint density at radius 3 is 2.64 bits per heavy atom. The van der Waals surface area contributed by atoms with Gasteiger partial charge in [0.2, 0.25) is 0 Å². The molecule has 6 nitrogen and oxygen atoms in total. The molecule has 0 saturated carbocycles. The molecule has 0 aliphatic heterocycles. The zero-order valence-corrected chi connectivity index (χ0v) is 13.4. The number of carboxylic acids is 1. The molecule has 0 amide bonds. The summed E-state index contributed by atoms with van der Waals surface area (Å²) in [4.78, 5) is 17.1. The van der Waals surface area contributed by atoms with Crippen molar-refractivity contribution in [1.29, 1.82) is 0 Å². The third-order valence-corrected chi connectivity index (χ3v) is 3.30. The SMILES string of the molecule is CN(Cc1cccc(C(=O)O)n1)Cc1cc(C(C)(C)C)n[nH]1. The van der Waals surface area contributed by atoms with Crippen LogP contribution in [0.25, 0.3) is 0 Å². The predicted molar refractivity (Wildman–Crippen MR) is 83.7 cm³/mol. The average molecular weight is 302 g/mol. The maximum atomic E-state index is 10.9. The highest BCUT2D eigenvalue weighted by Gasteiger charge is 2.17. The monoisotopic (exact) mass is 302 g/mol. The summed E-state index contributed by atoms with van der Waals surface area (Å²) in [5.41, 5.74) is 2.88. The molecule has 2 N–H and O–H groups in total. The molecule has 6 heteroatoms. The fraction of sp³-hybridized carbons (Fsp3) is 0.438. The Balaban J connectivity index is 2.01. The Labute approximate surface area is 130 Å². The lowest BCUT2D eigenvalue weighted by molar-refractivity contribution is 0.0690. The Bertz CT molecular complexity index is 658. The predicted octanol–water partition coefficient (Wildman–Crippen LogP) is 2.43. The molecule has 22 heavy (non-hydrogen) atoms. The topological polar surface area (TPSA) is 82.1 Å². The molecule has 0 aromatic carbocycles. The zero-order valence-electron chi connectivity index (χ0n) is 13.4. The third kappa shape index (κ3) is 4.14. The van der Waals surface area contributed by atoms with Crippen molar-refractivity contribution in [3.05, 3.63) is 47.0 Å². The van der Waals surface area contributed by atoms with Crippen LogP contribution in [0.1, 0.15) is 48.3 Å². The van der Waals surface area contributed by atoms with Crippen molar-refractivity contribution in [2.45, 2.75) is 39.3 Å². The van der Waals surface area contributed by atoms with E-state index in [-0.39, 0.29) is 11.1 Å². The van der Waals surface area contributed by atoms with Gasteiger partial charge >= 0.3 is 5.97 Å². The first-order valence-electron chi connectivity index (χ1n) is 7.18. The van der Waals surface area contributed by atoms with E-state index in [1.807, 2.05) is 13.1 Å². The molecule has 0 bridgehead atoms. The molecule has 0 atom stereocenters. The van der Waals surface area contributed by atoms with Crippen LogP contribution in [0.15, 0.2) is 24.3 Å². The van der Waals surface area contributed by atoms with Crippen LogP contribution >= 0.6 is 0 Å². The largest absolute Gasteiger partial charge is 0.477 e. The minimum absolute atomic E-state index is 0.0185. The van der Waals surface area contributed by atoms with Gasteiger partial charge in [-0.3, -0.25) is 10.00 Å². The first-order valence-corrected chi connectivity index (χ1v) is 7.18. The third-order valence-electron chi connectivity index (χ3n) is 3.30. The van der Waals surface area contributed by atoms with Crippen molar-refractivity contribution in [3.8, 4) is 0 Å². The summed E-state index contributed by atoms with van der Waals surface area (Å²) in [5, 5.41) is 16.4. The van der Waals surface area contributed by atoms with Gasteiger partial charge < -0.3 is 5.11 Å². The second-order valence-corrected chi connectivity index (χ2v) is 6.52. The maximum Gasteiger partial charge on any atom is 0.354 e. The number of carbonyl (C=O) groups is 1. The number of pyridine rings is 1. The molecule has 0 aliphatic carbocycles. The van der Waals surface area contributed by atoms with Crippen molar-refractivity contribution in [2.24, 2.45) is 0 Å². The summed E-state index contributed by atoms with van der Waals surface area (Å²) in [6.07, 6.45) is 0. The molecule has 2 heterocycles. The number of nitrogens with one attached hydrogen (secondary N) is 1. The quantitative estimate of drug-likeness (QED) is 0.886. The molecule has 0 aliphatic rings. The Hall–Kier alpha value is -2.21. The molecule has 2 rings (SSSR count). The van der Waals surface area contributed by atoms with Crippen LogP contribution in [-0.4, -0.2) is 38.2 Å². The van der Waals surface area contributed by atoms with E-state index < -0.39 is 5.97 Å². The van der Waals surface area contributed by atoms with Crippen LogP contribution in [0, 0.1) is 0 Å². The first kappa shape index (κ1) is 16.2. The number of rotatable bonds is 5. The summed E-state index contributed by atoms with van der Waals surface area (Å²) in [6, 6.07) is 7.11. The van der Waals surface area contributed by atoms with E-state index in [0.29, 0.717) is 13.1 Å². The fourth-order valence-corrected chi connectivity index (χ4v) is 2.14. The summed E-state index contributed by atoms with van der Waals surface area (Å²) in [6.45, 7) is 7.64. The van der Waals surface area contributed by atoms with E-state index in [2.05, 4.69) is 46.9 Å². The van der Waals surface area contributed by atoms with Crippen LogP contribution in [0.2, 0.25) is 0 Å². The molecule has 118 valence electrons. The zero-order chi connectivity index (χ0) is 16.3. The van der Waals surface area contributed by atoms with Gasteiger partial charge in [0, 0.05) is 24.2 Å². The molecular formula is C16H22N4O2. The Morgan fingerprint density at radius 1 is 1.32 bits per heavy atom. The van der Waals surface area contributed by atoms with Crippen molar-refractivity contribution >= 4 is 5.97 Å². The van der Waals surface area contributed by atoms with E-state index in [1.54, 1.807) is 6.07 Å². The first-order chi connectivity index (χ1) is 10.3. The average Bonchev–Trinajstić information content (AvgIpc) is 2.87. The molecule has 2 aromatic heterocycles. The van der Waals surface area contributed by atoms with Gasteiger partial charge in [-0.25, -0.2) is 9.78 Å². The van der Waals surface area contributed by atoms with Crippen LogP contribution < -0.4 is 0 Å². The van der Waals surface area contributed by atoms with Crippen LogP contribution in [-0.2, 0) is 18.5 Å². The lowest BCUT2D eigenvalue weighted by atomic mass is 9.92. The highest BCUT2D eigenvalue weighted by molar-refractivity contribution is 5.85. The maximum absolute atomic E-state index is 10.9. The normalized spacial score (nSPS) is 11.9. The standard InChI is InChI=1S/C16H22N4O2/c1-16(2,3)14-8-12(18-19-14)10-20(4)9-11-6-5-7-13(17-11)15(21)22/h5-8H,9-10H2,1-4H3,(H,18,19)(H,21,22). The van der Waals surface area contributed by atoms with Gasteiger partial charge in [-0.1, -0.05) is 26.8 Å². The van der Waals surface area contributed by atoms with Gasteiger partial charge in [-0.2, -0.15) is 5.10 Å².